The molecule has 1 aliphatic heterocycles. The van der Waals surface area contributed by atoms with E-state index in [0.717, 1.165) is 40.8 Å². The van der Waals surface area contributed by atoms with Crippen LogP contribution in [-0.4, -0.2) is 49.1 Å². The molecule has 11 nitrogen and oxygen atoms in total. The highest BCUT2D eigenvalue weighted by molar-refractivity contribution is 5.98. The second-order valence-electron chi connectivity index (χ2n) is 9.21. The Kier molecular flexibility index (Phi) is 5.41. The van der Waals surface area contributed by atoms with Crippen molar-refractivity contribution in [3.63, 3.8) is 0 Å². The summed E-state index contributed by atoms with van der Waals surface area (Å²) in [5, 5.41) is 7.56. The van der Waals surface area contributed by atoms with Crippen LogP contribution in [0.25, 0.3) is 10.9 Å². The van der Waals surface area contributed by atoms with Crippen LogP contribution in [0.15, 0.2) is 47.4 Å². The molecule has 0 bridgehead atoms. The summed E-state index contributed by atoms with van der Waals surface area (Å²) in [6.45, 7) is 2.31. The maximum atomic E-state index is 12.8. The summed E-state index contributed by atoms with van der Waals surface area (Å²) in [6.07, 6.45) is 5.90. The third-order valence-electron chi connectivity index (χ3n) is 6.68. The molecule has 1 aliphatic carbocycles. The van der Waals surface area contributed by atoms with Gasteiger partial charge in [-0.1, -0.05) is 5.16 Å². The van der Waals surface area contributed by atoms with Crippen molar-refractivity contribution in [2.75, 3.05) is 11.9 Å². The average Bonchev–Trinajstić information content (AvgIpc) is 3.48. The Hall–Kier alpha value is -4.25. The monoisotopic (exact) mass is 487 g/mol. The molecule has 1 fully saturated rings. The van der Waals surface area contributed by atoms with E-state index < -0.39 is 0 Å². The number of benzene rings is 1. The molecular weight excluding hydrogens is 462 g/mol. The molecule has 6 rings (SSSR count). The molecule has 36 heavy (non-hydrogen) atoms. The summed E-state index contributed by atoms with van der Waals surface area (Å²) < 4.78 is 13.0. The number of nitrogens with two attached hydrogens (primary N) is 1. The van der Waals surface area contributed by atoms with E-state index in [9.17, 15) is 9.59 Å². The van der Waals surface area contributed by atoms with Gasteiger partial charge in [-0.15, -0.1) is 0 Å². The Labute approximate surface area is 206 Å². The first-order valence-corrected chi connectivity index (χ1v) is 11.9. The van der Waals surface area contributed by atoms with Crippen molar-refractivity contribution in [1.82, 2.24) is 24.6 Å². The zero-order valence-electron chi connectivity index (χ0n) is 19.7. The lowest BCUT2D eigenvalue weighted by atomic mass is 9.99. The first kappa shape index (κ1) is 22.2. The van der Waals surface area contributed by atoms with E-state index in [1.807, 2.05) is 25.1 Å². The molecule has 0 unspecified atom stereocenters. The second-order valence-corrected chi connectivity index (χ2v) is 9.21. The van der Waals surface area contributed by atoms with Gasteiger partial charge in [0.25, 0.3) is 0 Å². The van der Waals surface area contributed by atoms with Gasteiger partial charge in [0.05, 0.1) is 24.3 Å². The number of amides is 2. The Morgan fingerprint density at radius 3 is 2.89 bits per heavy atom. The van der Waals surface area contributed by atoms with Crippen LogP contribution in [0.4, 0.5) is 10.6 Å². The van der Waals surface area contributed by atoms with E-state index in [2.05, 4.69) is 20.4 Å². The van der Waals surface area contributed by atoms with E-state index in [0.29, 0.717) is 36.3 Å². The van der Waals surface area contributed by atoms with Crippen molar-refractivity contribution < 1.29 is 18.8 Å². The predicted molar refractivity (Wildman–Crippen MR) is 130 cm³/mol. The number of rotatable bonds is 5. The maximum absolute atomic E-state index is 12.8. The number of hydrogen-bond acceptors (Lipinski definition) is 8. The Balaban J connectivity index is 1.21. The molecule has 0 saturated heterocycles. The van der Waals surface area contributed by atoms with Crippen molar-refractivity contribution in [2.24, 2.45) is 5.73 Å². The lowest BCUT2D eigenvalue weighted by molar-refractivity contribution is -0.132. The second kappa shape index (κ2) is 8.76. The van der Waals surface area contributed by atoms with Crippen LogP contribution in [0.5, 0.6) is 11.6 Å². The first-order valence-electron chi connectivity index (χ1n) is 11.9. The molecule has 0 radical (unpaired) electrons. The van der Waals surface area contributed by atoms with E-state index >= 15 is 0 Å². The molecule has 3 N–H and O–H groups in total. The molecule has 1 aromatic carbocycles. The van der Waals surface area contributed by atoms with Crippen LogP contribution in [0.2, 0.25) is 0 Å². The number of carbonyl (C=O) groups is 2. The molecule has 1 saturated carbocycles. The van der Waals surface area contributed by atoms with Crippen LogP contribution in [0.1, 0.15) is 42.7 Å². The minimum atomic E-state index is -0.329. The fraction of sp³-hybridized carbons (Fsp3) is 0.320. The number of hydrogen-bond donors (Lipinski definition) is 2. The zero-order chi connectivity index (χ0) is 24.8. The maximum Gasteiger partial charge on any atom is 0.331 e. The SMILES string of the molecule is C[C@H]1Cc2c(ncnc2Oc2ccc3c(ccn3C(=O)Nc3cc(C4CC4)on3)c2)CN1C(=O)CN. The third kappa shape index (κ3) is 4.07. The van der Waals surface area contributed by atoms with Crippen LogP contribution >= 0.6 is 0 Å². The van der Waals surface area contributed by atoms with E-state index in [1.54, 1.807) is 23.2 Å². The number of nitrogens with one attached hydrogen (secondary N) is 1. The van der Waals surface area contributed by atoms with Crippen molar-refractivity contribution in [3.05, 3.63) is 59.9 Å². The van der Waals surface area contributed by atoms with Crippen LogP contribution in [-0.2, 0) is 17.8 Å². The number of fused-ring (bicyclic) bond motifs is 2. The fourth-order valence-electron chi connectivity index (χ4n) is 4.58. The van der Waals surface area contributed by atoms with Gasteiger partial charge in [0.2, 0.25) is 11.8 Å². The van der Waals surface area contributed by atoms with Gasteiger partial charge in [-0.05, 0) is 50.5 Å². The molecule has 3 aromatic heterocycles. The minimum absolute atomic E-state index is 0.0358. The van der Waals surface area contributed by atoms with Gasteiger partial charge in [-0.3, -0.25) is 14.7 Å². The number of nitrogens with zero attached hydrogens (tertiary/aromatic N) is 5. The third-order valence-corrected chi connectivity index (χ3v) is 6.68. The Morgan fingerprint density at radius 2 is 2.08 bits per heavy atom. The normalized spacial score (nSPS) is 17.2. The topological polar surface area (TPSA) is 141 Å². The predicted octanol–water partition coefficient (Wildman–Crippen LogP) is 3.40. The lowest BCUT2D eigenvalue weighted by Crippen LogP contribution is -2.45. The summed E-state index contributed by atoms with van der Waals surface area (Å²) >= 11 is 0. The summed E-state index contributed by atoms with van der Waals surface area (Å²) in [4.78, 5) is 35.4. The molecule has 2 amide bonds. The van der Waals surface area contributed by atoms with Gasteiger partial charge in [0, 0.05) is 35.2 Å². The molecule has 184 valence electrons. The molecule has 1 atom stereocenters. The molecule has 4 heterocycles. The van der Waals surface area contributed by atoms with Gasteiger partial charge in [-0.2, -0.15) is 0 Å². The molecular formula is C25H25N7O4. The fourth-order valence-corrected chi connectivity index (χ4v) is 4.58. The lowest BCUT2D eigenvalue weighted by Gasteiger charge is -2.34. The van der Waals surface area contributed by atoms with Crippen molar-refractivity contribution in [2.45, 2.75) is 44.7 Å². The minimum Gasteiger partial charge on any atom is -0.439 e. The Bertz CT molecular complexity index is 1470. The highest BCUT2D eigenvalue weighted by atomic mass is 16.5. The molecule has 2 aliphatic rings. The van der Waals surface area contributed by atoms with Gasteiger partial charge >= 0.3 is 6.03 Å². The van der Waals surface area contributed by atoms with Crippen molar-refractivity contribution >= 4 is 28.7 Å². The highest BCUT2D eigenvalue weighted by Crippen LogP contribution is 2.40. The quantitative estimate of drug-likeness (QED) is 0.436. The van der Waals surface area contributed by atoms with Gasteiger partial charge in [0.1, 0.15) is 17.8 Å². The Morgan fingerprint density at radius 1 is 1.22 bits per heavy atom. The molecule has 4 aromatic rings. The summed E-state index contributed by atoms with van der Waals surface area (Å²) in [5.74, 6) is 2.56. The van der Waals surface area contributed by atoms with Crippen LogP contribution in [0.3, 0.4) is 0 Å². The summed E-state index contributed by atoms with van der Waals surface area (Å²) in [7, 11) is 0. The van der Waals surface area contributed by atoms with Gasteiger partial charge < -0.3 is 19.9 Å². The van der Waals surface area contributed by atoms with E-state index in [1.165, 1.54) is 10.9 Å². The largest absolute Gasteiger partial charge is 0.439 e. The molecule has 11 heteroatoms. The van der Waals surface area contributed by atoms with Crippen LogP contribution in [0, 0.1) is 0 Å². The zero-order valence-corrected chi connectivity index (χ0v) is 19.7. The smallest absolute Gasteiger partial charge is 0.331 e. The van der Waals surface area contributed by atoms with Gasteiger partial charge in [-0.25, -0.2) is 14.8 Å². The number of carbonyl (C=O) groups excluding carboxylic acids is 2. The highest BCUT2D eigenvalue weighted by Gasteiger charge is 2.30. The van der Waals surface area contributed by atoms with Crippen molar-refractivity contribution in [3.8, 4) is 11.6 Å². The standard InChI is InChI=1S/C25H25N7O4/c1-14-8-18-19(12-32(14)23(33)11-26)27-13-28-24(18)35-17-4-5-20-16(9-17)6-7-31(20)25(34)29-22-10-21(36-30-22)15-2-3-15/h4-7,9-10,13-15H,2-3,8,11-12,26H2,1H3,(H,29,30,34)/t14-/m0/s1. The van der Waals surface area contributed by atoms with E-state index in [-0.39, 0.29) is 24.5 Å². The summed E-state index contributed by atoms with van der Waals surface area (Å²) in [6, 6.07) is 8.71. The van der Waals surface area contributed by atoms with Gasteiger partial charge in [0.15, 0.2) is 5.82 Å². The summed E-state index contributed by atoms with van der Waals surface area (Å²) in [5.41, 5.74) is 7.90. The number of ether oxygens (including phenoxy) is 1. The van der Waals surface area contributed by atoms with Crippen LogP contribution < -0.4 is 15.8 Å². The average molecular weight is 488 g/mol. The van der Waals surface area contributed by atoms with E-state index in [4.69, 9.17) is 15.0 Å². The van der Waals surface area contributed by atoms with Crippen molar-refractivity contribution in [1.29, 1.82) is 0 Å². The first-order chi connectivity index (χ1) is 17.5. The number of aromatic nitrogens is 4. The molecule has 0 spiro atoms. The number of anilines is 1.